The predicted molar refractivity (Wildman–Crippen MR) is 75.3 cm³/mol. The molecule has 1 aromatic rings. The zero-order chi connectivity index (χ0) is 14.6. The van der Waals surface area contributed by atoms with Gasteiger partial charge in [0.1, 0.15) is 5.75 Å². The zero-order valence-electron chi connectivity index (χ0n) is 12.0. The molecule has 0 aromatic heterocycles. The van der Waals surface area contributed by atoms with Crippen molar-refractivity contribution in [1.82, 2.24) is 5.32 Å². The molecule has 0 aliphatic heterocycles. The summed E-state index contributed by atoms with van der Waals surface area (Å²) < 4.78 is 0. The van der Waals surface area contributed by atoms with Crippen LogP contribution in [0.5, 0.6) is 5.75 Å². The first-order valence-electron chi connectivity index (χ1n) is 6.47. The fourth-order valence-corrected chi connectivity index (χ4v) is 1.89. The Balaban J connectivity index is 2.84. The highest BCUT2D eigenvalue weighted by Gasteiger charge is 2.26. The Morgan fingerprint density at radius 1 is 1.37 bits per heavy atom. The van der Waals surface area contributed by atoms with E-state index in [1.165, 1.54) is 6.07 Å². The molecule has 0 heterocycles. The van der Waals surface area contributed by atoms with Gasteiger partial charge in [-0.3, -0.25) is 4.79 Å². The standard InChI is InChI=1S/C15H23NO3/c1-10-9-11(5-6-12(10)18)14(19)16-13(7-8-17)15(2,3)4/h5-6,9,13,17-18H,7-8H2,1-4H3,(H,16,19). The highest BCUT2D eigenvalue weighted by atomic mass is 16.3. The lowest BCUT2D eigenvalue weighted by atomic mass is 9.84. The quantitative estimate of drug-likeness (QED) is 0.782. The van der Waals surface area contributed by atoms with Crippen LogP contribution in [0.4, 0.5) is 0 Å². The molecule has 106 valence electrons. The van der Waals surface area contributed by atoms with E-state index in [0.717, 1.165) is 0 Å². The number of rotatable bonds is 4. The number of phenolic OH excluding ortho intramolecular Hbond substituents is 1. The molecule has 4 nitrogen and oxygen atoms in total. The summed E-state index contributed by atoms with van der Waals surface area (Å²) in [5.74, 6) is -0.00393. The van der Waals surface area contributed by atoms with Gasteiger partial charge in [0.05, 0.1) is 0 Å². The Morgan fingerprint density at radius 2 is 2.00 bits per heavy atom. The summed E-state index contributed by atoms with van der Waals surface area (Å²) in [7, 11) is 0. The first-order chi connectivity index (χ1) is 8.75. The number of hydrogen-bond donors (Lipinski definition) is 3. The molecule has 1 aromatic carbocycles. The third-order valence-electron chi connectivity index (χ3n) is 3.23. The third kappa shape index (κ3) is 4.24. The van der Waals surface area contributed by atoms with Crippen LogP contribution < -0.4 is 5.32 Å². The second kappa shape index (κ2) is 6.06. The smallest absolute Gasteiger partial charge is 0.251 e. The van der Waals surface area contributed by atoms with Gasteiger partial charge in [0.15, 0.2) is 0 Å². The first-order valence-corrected chi connectivity index (χ1v) is 6.47. The fourth-order valence-electron chi connectivity index (χ4n) is 1.89. The molecule has 0 saturated carbocycles. The summed E-state index contributed by atoms with van der Waals surface area (Å²) in [6, 6.07) is 4.67. The minimum absolute atomic E-state index is 0.0385. The van der Waals surface area contributed by atoms with Gasteiger partial charge in [-0.2, -0.15) is 0 Å². The summed E-state index contributed by atoms with van der Waals surface area (Å²) >= 11 is 0. The fraction of sp³-hybridized carbons (Fsp3) is 0.533. The van der Waals surface area contributed by atoms with E-state index >= 15 is 0 Å². The SMILES string of the molecule is Cc1cc(C(=O)NC(CCO)C(C)(C)C)ccc1O. The first kappa shape index (κ1) is 15.5. The van der Waals surface area contributed by atoms with Gasteiger partial charge in [-0.15, -0.1) is 0 Å². The minimum atomic E-state index is -0.184. The summed E-state index contributed by atoms with van der Waals surface area (Å²) in [6.45, 7) is 7.86. The van der Waals surface area contributed by atoms with Crippen LogP contribution in [0, 0.1) is 12.3 Å². The van der Waals surface area contributed by atoms with Crippen molar-refractivity contribution in [2.75, 3.05) is 6.61 Å². The van der Waals surface area contributed by atoms with E-state index in [9.17, 15) is 9.90 Å². The number of carbonyl (C=O) groups excluding carboxylic acids is 1. The molecule has 1 unspecified atom stereocenters. The summed E-state index contributed by atoms with van der Waals surface area (Å²) in [6.07, 6.45) is 0.520. The number of hydrogen-bond acceptors (Lipinski definition) is 3. The van der Waals surface area contributed by atoms with Gasteiger partial charge in [0.2, 0.25) is 0 Å². The Labute approximate surface area is 114 Å². The zero-order valence-corrected chi connectivity index (χ0v) is 12.0. The number of aromatic hydroxyl groups is 1. The average Bonchev–Trinajstić information content (AvgIpc) is 2.30. The molecule has 1 rings (SSSR count). The van der Waals surface area contributed by atoms with Gasteiger partial charge in [-0.25, -0.2) is 0 Å². The van der Waals surface area contributed by atoms with Crippen molar-refractivity contribution in [2.24, 2.45) is 5.41 Å². The van der Waals surface area contributed by atoms with Gasteiger partial charge in [0, 0.05) is 18.2 Å². The number of phenols is 1. The van der Waals surface area contributed by atoms with E-state index in [1.807, 2.05) is 20.8 Å². The summed E-state index contributed by atoms with van der Waals surface area (Å²) in [5.41, 5.74) is 1.06. The predicted octanol–water partition coefficient (Wildman–Crippen LogP) is 2.23. The molecule has 4 heteroatoms. The molecule has 0 aliphatic carbocycles. The largest absolute Gasteiger partial charge is 0.508 e. The van der Waals surface area contributed by atoms with Gasteiger partial charge in [0.25, 0.3) is 5.91 Å². The lowest BCUT2D eigenvalue weighted by molar-refractivity contribution is 0.0885. The van der Waals surface area contributed by atoms with Crippen LogP contribution in [0.3, 0.4) is 0 Å². The number of carbonyl (C=O) groups is 1. The van der Waals surface area contributed by atoms with E-state index in [2.05, 4.69) is 5.32 Å². The molecule has 1 amide bonds. The monoisotopic (exact) mass is 265 g/mol. The second-order valence-electron chi connectivity index (χ2n) is 5.91. The van der Waals surface area contributed by atoms with Crippen LogP contribution in [0.25, 0.3) is 0 Å². The molecule has 0 radical (unpaired) electrons. The van der Waals surface area contributed by atoms with Crippen molar-refractivity contribution < 1.29 is 15.0 Å². The topological polar surface area (TPSA) is 69.6 Å². The number of aliphatic hydroxyl groups excluding tert-OH is 1. The maximum atomic E-state index is 12.2. The number of aryl methyl sites for hydroxylation is 1. The van der Waals surface area contributed by atoms with Crippen LogP contribution in [0.2, 0.25) is 0 Å². The lowest BCUT2D eigenvalue weighted by Gasteiger charge is -2.31. The molecular formula is C15H23NO3. The van der Waals surface area contributed by atoms with Crippen molar-refractivity contribution in [3.05, 3.63) is 29.3 Å². The van der Waals surface area contributed by atoms with Gasteiger partial charge in [-0.1, -0.05) is 20.8 Å². The second-order valence-corrected chi connectivity index (χ2v) is 5.91. The van der Waals surface area contributed by atoms with Crippen LogP contribution in [0.1, 0.15) is 43.1 Å². The van der Waals surface area contributed by atoms with Crippen molar-refractivity contribution >= 4 is 5.91 Å². The Hall–Kier alpha value is -1.55. The van der Waals surface area contributed by atoms with Gasteiger partial charge >= 0.3 is 0 Å². The van der Waals surface area contributed by atoms with Crippen LogP contribution in [-0.4, -0.2) is 28.8 Å². The Bertz CT molecular complexity index is 449. The summed E-state index contributed by atoms with van der Waals surface area (Å²) in [4.78, 5) is 12.2. The molecule has 0 aliphatic rings. The van der Waals surface area contributed by atoms with Crippen LogP contribution >= 0.6 is 0 Å². The molecule has 3 N–H and O–H groups in total. The minimum Gasteiger partial charge on any atom is -0.508 e. The maximum Gasteiger partial charge on any atom is 0.251 e. The van der Waals surface area contributed by atoms with E-state index in [4.69, 9.17) is 5.11 Å². The average molecular weight is 265 g/mol. The van der Waals surface area contributed by atoms with Crippen molar-refractivity contribution in [3.8, 4) is 5.75 Å². The maximum absolute atomic E-state index is 12.2. The molecule has 0 spiro atoms. The molecule has 1 atom stereocenters. The van der Waals surface area contributed by atoms with E-state index in [1.54, 1.807) is 19.1 Å². The normalized spacial score (nSPS) is 13.1. The van der Waals surface area contributed by atoms with E-state index in [-0.39, 0.29) is 29.7 Å². The molecular weight excluding hydrogens is 242 g/mol. The van der Waals surface area contributed by atoms with Crippen molar-refractivity contribution in [3.63, 3.8) is 0 Å². The van der Waals surface area contributed by atoms with Crippen LogP contribution in [-0.2, 0) is 0 Å². The number of nitrogens with one attached hydrogen (secondary N) is 1. The van der Waals surface area contributed by atoms with Crippen molar-refractivity contribution in [1.29, 1.82) is 0 Å². The molecule has 0 saturated heterocycles. The molecule has 0 bridgehead atoms. The Morgan fingerprint density at radius 3 is 2.47 bits per heavy atom. The van der Waals surface area contributed by atoms with E-state index in [0.29, 0.717) is 17.5 Å². The lowest BCUT2D eigenvalue weighted by Crippen LogP contribution is -2.44. The number of aliphatic hydroxyl groups is 1. The van der Waals surface area contributed by atoms with Gasteiger partial charge < -0.3 is 15.5 Å². The van der Waals surface area contributed by atoms with Gasteiger partial charge in [-0.05, 0) is 42.5 Å². The Kier molecular flexibility index (Phi) is 4.95. The van der Waals surface area contributed by atoms with Crippen molar-refractivity contribution in [2.45, 2.75) is 40.2 Å². The third-order valence-corrected chi connectivity index (χ3v) is 3.23. The van der Waals surface area contributed by atoms with E-state index < -0.39 is 0 Å². The molecule has 19 heavy (non-hydrogen) atoms. The summed E-state index contributed by atoms with van der Waals surface area (Å²) in [5, 5.41) is 21.5. The number of benzene rings is 1. The highest BCUT2D eigenvalue weighted by molar-refractivity contribution is 5.94. The molecule has 0 fully saturated rings. The van der Waals surface area contributed by atoms with Crippen LogP contribution in [0.15, 0.2) is 18.2 Å². The number of amides is 1. The highest BCUT2D eigenvalue weighted by Crippen LogP contribution is 2.23.